The zero-order valence-corrected chi connectivity index (χ0v) is 16.6. The number of thiazole rings is 1. The maximum atomic E-state index is 12.8. The molecule has 0 N–H and O–H groups in total. The Labute approximate surface area is 172 Å². The minimum absolute atomic E-state index is 0.0753. The number of fused-ring (bicyclic) bond motifs is 2. The summed E-state index contributed by atoms with van der Waals surface area (Å²) in [7, 11) is 0.509. The molecule has 2 aromatic heterocycles. The highest BCUT2D eigenvalue weighted by Gasteiger charge is 2.27. The van der Waals surface area contributed by atoms with Gasteiger partial charge in [0, 0.05) is 25.4 Å². The molecule has 5 rings (SSSR count). The molecule has 0 radical (unpaired) electrons. The molecule has 4 heterocycles. The van der Waals surface area contributed by atoms with Crippen molar-refractivity contribution < 1.29 is 9.53 Å². The van der Waals surface area contributed by atoms with Crippen LogP contribution >= 0.6 is 11.3 Å². The number of hydrogen-bond donors (Lipinski definition) is 0. The molecule has 9 heteroatoms. The Morgan fingerprint density at radius 3 is 3.00 bits per heavy atom. The van der Waals surface area contributed by atoms with Crippen molar-refractivity contribution in [2.75, 3.05) is 24.7 Å². The third-order valence-electron chi connectivity index (χ3n) is 5.59. The van der Waals surface area contributed by atoms with Gasteiger partial charge in [-0.2, -0.15) is 5.26 Å². The normalized spacial score (nSPS) is 16.6. The van der Waals surface area contributed by atoms with Crippen LogP contribution in [0.1, 0.15) is 33.8 Å². The largest absolute Gasteiger partial charge is 0.381 e. The molecule has 1 saturated heterocycles. The molecule has 0 bridgehead atoms. The smallest absolute Gasteiger partial charge is 0.218 e. The minimum Gasteiger partial charge on any atom is -0.381 e. The van der Waals surface area contributed by atoms with E-state index in [-0.39, 0.29) is 5.68 Å². The fourth-order valence-electron chi connectivity index (χ4n) is 4.05. The molecule has 0 saturated carbocycles. The lowest BCUT2D eigenvalue weighted by atomic mass is 9.58. The topological polar surface area (TPSA) is 92.0 Å². The van der Waals surface area contributed by atoms with E-state index in [1.54, 1.807) is 0 Å². The average Bonchev–Trinajstić information content (AvgIpc) is 3.38. The van der Waals surface area contributed by atoms with Gasteiger partial charge in [0.2, 0.25) is 7.28 Å². The number of ether oxygens (including phenoxy) is 1. The maximum absolute atomic E-state index is 12.8. The lowest BCUT2D eigenvalue weighted by molar-refractivity contribution is 0.0949. The van der Waals surface area contributed by atoms with Gasteiger partial charge in [0.15, 0.2) is 10.8 Å². The highest BCUT2D eigenvalue weighted by Crippen LogP contribution is 2.37. The van der Waals surface area contributed by atoms with E-state index in [4.69, 9.17) is 10.00 Å². The Hall–Kier alpha value is -2.83. The summed E-state index contributed by atoms with van der Waals surface area (Å²) in [5.74, 6) is 1.09. The molecule has 1 fully saturated rings. The number of nitrogens with zero attached hydrogens (tertiary/aromatic N) is 5. The molecule has 2 aliphatic rings. The molecule has 0 spiro atoms. The fourth-order valence-corrected chi connectivity index (χ4v) is 4.90. The minimum atomic E-state index is 0.0753. The predicted molar refractivity (Wildman–Crippen MR) is 112 cm³/mol. The van der Waals surface area contributed by atoms with E-state index in [1.807, 2.05) is 18.2 Å². The second-order valence-corrected chi connectivity index (χ2v) is 8.39. The first-order valence-corrected chi connectivity index (χ1v) is 10.6. The van der Waals surface area contributed by atoms with Gasteiger partial charge in [0.25, 0.3) is 0 Å². The lowest BCUT2D eigenvalue weighted by Crippen LogP contribution is -2.22. The van der Waals surface area contributed by atoms with E-state index in [1.165, 1.54) is 17.7 Å². The van der Waals surface area contributed by atoms with Crippen LogP contribution in [0.5, 0.6) is 0 Å². The SMILES string of the molecule is N#Cc1ccc2c(c1)CCN2c1ncnc2sc(C(=O)BC3CCOCC3)nc12. The van der Waals surface area contributed by atoms with E-state index in [0.717, 1.165) is 60.9 Å². The molecule has 2 aliphatic heterocycles. The maximum Gasteiger partial charge on any atom is 0.218 e. The molecule has 29 heavy (non-hydrogen) atoms. The number of rotatable bonds is 4. The Kier molecular flexibility index (Phi) is 4.74. The van der Waals surface area contributed by atoms with Crippen molar-refractivity contribution in [3.05, 3.63) is 40.7 Å². The van der Waals surface area contributed by atoms with Crippen LogP contribution in [-0.2, 0) is 11.2 Å². The van der Waals surface area contributed by atoms with Crippen molar-refractivity contribution in [3.63, 3.8) is 0 Å². The van der Waals surface area contributed by atoms with Gasteiger partial charge in [-0.15, -0.1) is 0 Å². The van der Waals surface area contributed by atoms with E-state index in [9.17, 15) is 4.79 Å². The monoisotopic (exact) mass is 403 g/mol. The van der Waals surface area contributed by atoms with Gasteiger partial charge in [0.05, 0.1) is 11.6 Å². The summed E-state index contributed by atoms with van der Waals surface area (Å²) in [6.45, 7) is 2.23. The van der Waals surface area contributed by atoms with Crippen molar-refractivity contribution in [3.8, 4) is 6.07 Å². The molecular formula is C20H18BN5O2S. The Balaban J connectivity index is 1.46. The van der Waals surface area contributed by atoms with Crippen molar-refractivity contribution in [2.24, 2.45) is 0 Å². The lowest BCUT2D eigenvalue weighted by Gasteiger charge is -2.19. The Bertz CT molecular complexity index is 1140. The van der Waals surface area contributed by atoms with Gasteiger partial charge in [-0.05, 0) is 43.0 Å². The quantitative estimate of drug-likeness (QED) is 0.619. The summed E-state index contributed by atoms with van der Waals surface area (Å²) in [5.41, 5.74) is 3.57. The van der Waals surface area contributed by atoms with Crippen LogP contribution < -0.4 is 4.90 Å². The van der Waals surface area contributed by atoms with Gasteiger partial charge >= 0.3 is 0 Å². The van der Waals surface area contributed by atoms with Gasteiger partial charge in [0.1, 0.15) is 22.4 Å². The first kappa shape index (κ1) is 18.2. The van der Waals surface area contributed by atoms with E-state index in [2.05, 4.69) is 25.9 Å². The third kappa shape index (κ3) is 3.39. The number of carbonyl (C=O) groups is 1. The zero-order chi connectivity index (χ0) is 19.8. The van der Waals surface area contributed by atoms with Gasteiger partial charge in [-0.3, -0.25) is 0 Å². The van der Waals surface area contributed by atoms with Crippen LogP contribution in [0.4, 0.5) is 11.5 Å². The molecule has 7 nitrogen and oxygen atoms in total. The van der Waals surface area contributed by atoms with Crippen molar-refractivity contribution in [2.45, 2.75) is 25.1 Å². The molecule has 144 valence electrons. The highest BCUT2D eigenvalue weighted by atomic mass is 32.1. The second kappa shape index (κ2) is 7.54. The summed E-state index contributed by atoms with van der Waals surface area (Å²) >= 11 is 1.34. The van der Waals surface area contributed by atoms with Crippen LogP contribution in [0.25, 0.3) is 10.3 Å². The van der Waals surface area contributed by atoms with Crippen LogP contribution in [-0.4, -0.2) is 47.7 Å². The first-order chi connectivity index (χ1) is 14.2. The van der Waals surface area contributed by atoms with Crippen LogP contribution in [0.3, 0.4) is 0 Å². The van der Waals surface area contributed by atoms with Crippen molar-refractivity contribution in [1.29, 1.82) is 5.26 Å². The third-order valence-corrected chi connectivity index (χ3v) is 6.59. The summed E-state index contributed by atoms with van der Waals surface area (Å²) in [5, 5.41) is 9.64. The van der Waals surface area contributed by atoms with Crippen LogP contribution in [0.15, 0.2) is 24.5 Å². The number of carbonyl (C=O) groups excluding carboxylic acids is 1. The fraction of sp³-hybridized carbons (Fsp3) is 0.350. The number of benzene rings is 1. The molecule has 1 aromatic carbocycles. The molecule has 0 aliphatic carbocycles. The first-order valence-electron chi connectivity index (χ1n) is 9.76. The average molecular weight is 403 g/mol. The van der Waals surface area contributed by atoms with Crippen LogP contribution in [0.2, 0.25) is 5.82 Å². The molecule has 0 atom stereocenters. The van der Waals surface area contributed by atoms with E-state index in [0.29, 0.717) is 29.2 Å². The van der Waals surface area contributed by atoms with Crippen molar-refractivity contribution in [1.82, 2.24) is 15.0 Å². The second-order valence-electron chi connectivity index (χ2n) is 7.41. The standard InChI is InChI=1S/C20H18BN5O2S/c22-10-12-1-2-15-13(9-12)3-6-26(15)18-16-19(24-11-23-18)29-20(25-16)17(27)21-14-4-7-28-8-5-14/h1-2,9,11,14,21H,3-8H2. The van der Waals surface area contributed by atoms with Gasteiger partial charge < -0.3 is 14.4 Å². The molecule has 0 unspecified atom stereocenters. The summed E-state index contributed by atoms with van der Waals surface area (Å²) in [4.78, 5) is 29.1. The summed E-state index contributed by atoms with van der Waals surface area (Å²) < 4.78 is 5.39. The van der Waals surface area contributed by atoms with Crippen LogP contribution in [0, 0.1) is 11.3 Å². The van der Waals surface area contributed by atoms with Crippen molar-refractivity contribution >= 4 is 46.2 Å². The number of hydrogen-bond acceptors (Lipinski definition) is 8. The zero-order valence-electron chi connectivity index (χ0n) is 15.8. The number of aromatic nitrogens is 3. The predicted octanol–water partition coefficient (Wildman–Crippen LogP) is 2.83. The number of anilines is 2. The molecule has 0 amide bonds. The Morgan fingerprint density at radius 2 is 2.17 bits per heavy atom. The van der Waals surface area contributed by atoms with E-state index < -0.39 is 0 Å². The van der Waals surface area contributed by atoms with E-state index >= 15 is 0 Å². The Morgan fingerprint density at radius 1 is 1.31 bits per heavy atom. The number of nitriles is 1. The summed E-state index contributed by atoms with van der Waals surface area (Å²) in [6, 6.07) is 7.89. The van der Waals surface area contributed by atoms with Gasteiger partial charge in [-0.25, -0.2) is 15.0 Å². The van der Waals surface area contributed by atoms with Gasteiger partial charge in [-0.1, -0.05) is 17.2 Å². The molecular weight excluding hydrogens is 385 g/mol. The molecule has 3 aromatic rings. The highest BCUT2D eigenvalue weighted by molar-refractivity contribution is 7.21. The summed E-state index contributed by atoms with van der Waals surface area (Å²) in [6.07, 6.45) is 4.23.